The van der Waals surface area contributed by atoms with Crippen LogP contribution in [0, 0.1) is 11.3 Å². The molecule has 5 heteroatoms. The Morgan fingerprint density at radius 2 is 1.81 bits per heavy atom. The van der Waals surface area contributed by atoms with Gasteiger partial charge >= 0.3 is 0 Å². The second-order valence-corrected chi connectivity index (χ2v) is 5.39. The molecule has 0 fully saturated rings. The largest absolute Gasteiger partial charge is 0.495 e. The van der Waals surface area contributed by atoms with Crippen molar-refractivity contribution >= 4 is 17.7 Å². The van der Waals surface area contributed by atoms with Crippen molar-refractivity contribution in [2.45, 2.75) is 0 Å². The van der Waals surface area contributed by atoms with Gasteiger partial charge in [-0.15, -0.1) is 0 Å². The predicted molar refractivity (Wildman–Crippen MR) is 99.4 cm³/mol. The predicted octanol–water partition coefficient (Wildman–Crippen LogP) is 4.50. The van der Waals surface area contributed by atoms with E-state index in [0.717, 1.165) is 5.56 Å². The lowest BCUT2D eigenvalue weighted by Crippen LogP contribution is -2.14. The Balaban J connectivity index is 1.81. The van der Waals surface area contributed by atoms with Crippen LogP contribution in [0.2, 0.25) is 0 Å². The number of furan rings is 1. The third-order valence-electron chi connectivity index (χ3n) is 3.69. The Labute approximate surface area is 151 Å². The topological polar surface area (TPSA) is 75.3 Å². The highest BCUT2D eigenvalue weighted by Crippen LogP contribution is 2.25. The van der Waals surface area contributed by atoms with Crippen LogP contribution in [-0.4, -0.2) is 13.0 Å². The van der Waals surface area contributed by atoms with Gasteiger partial charge in [-0.2, -0.15) is 5.26 Å². The van der Waals surface area contributed by atoms with E-state index in [4.69, 9.17) is 9.15 Å². The van der Waals surface area contributed by atoms with E-state index in [9.17, 15) is 10.1 Å². The van der Waals surface area contributed by atoms with Crippen LogP contribution in [0.3, 0.4) is 0 Å². The van der Waals surface area contributed by atoms with Gasteiger partial charge in [0.1, 0.15) is 28.9 Å². The Hall–Kier alpha value is -3.78. The molecular formula is C21H16N2O3. The highest BCUT2D eigenvalue weighted by molar-refractivity contribution is 6.10. The summed E-state index contributed by atoms with van der Waals surface area (Å²) in [5, 5.41) is 12.0. The molecule has 26 heavy (non-hydrogen) atoms. The van der Waals surface area contributed by atoms with Gasteiger partial charge < -0.3 is 14.5 Å². The number of carbonyl (C=O) groups excluding carboxylic acids is 1. The molecule has 5 nitrogen and oxygen atoms in total. The van der Waals surface area contributed by atoms with E-state index >= 15 is 0 Å². The maximum atomic E-state index is 12.4. The summed E-state index contributed by atoms with van der Waals surface area (Å²) < 4.78 is 10.9. The molecule has 1 N–H and O–H groups in total. The van der Waals surface area contributed by atoms with Crippen LogP contribution >= 0.6 is 0 Å². The molecule has 3 aromatic rings. The van der Waals surface area contributed by atoms with Gasteiger partial charge in [-0.1, -0.05) is 42.5 Å². The first-order chi connectivity index (χ1) is 12.7. The van der Waals surface area contributed by atoms with Crippen molar-refractivity contribution in [3.63, 3.8) is 0 Å². The molecule has 0 aliphatic heterocycles. The summed E-state index contributed by atoms with van der Waals surface area (Å²) in [7, 11) is 1.51. The molecule has 1 amide bonds. The molecule has 0 spiro atoms. The molecule has 3 rings (SSSR count). The monoisotopic (exact) mass is 344 g/mol. The number of nitriles is 1. The van der Waals surface area contributed by atoms with E-state index in [1.165, 1.54) is 13.2 Å². The molecule has 0 radical (unpaired) electrons. The lowest BCUT2D eigenvalue weighted by atomic mass is 10.2. The third kappa shape index (κ3) is 3.82. The average molecular weight is 344 g/mol. The van der Waals surface area contributed by atoms with Crippen molar-refractivity contribution in [3.8, 4) is 23.1 Å². The molecule has 1 aromatic heterocycles. The smallest absolute Gasteiger partial charge is 0.266 e. The summed E-state index contributed by atoms with van der Waals surface area (Å²) in [4.78, 5) is 12.4. The summed E-state index contributed by atoms with van der Waals surface area (Å²) in [6.45, 7) is 0. The second-order valence-electron chi connectivity index (χ2n) is 5.39. The van der Waals surface area contributed by atoms with Gasteiger partial charge in [0.2, 0.25) is 0 Å². The van der Waals surface area contributed by atoms with Gasteiger partial charge in [0.25, 0.3) is 5.91 Å². The summed E-state index contributed by atoms with van der Waals surface area (Å²) in [5.41, 5.74) is 1.35. The van der Waals surface area contributed by atoms with Gasteiger partial charge in [0, 0.05) is 11.6 Å². The van der Waals surface area contributed by atoms with Crippen LogP contribution in [-0.2, 0) is 4.79 Å². The minimum Gasteiger partial charge on any atom is -0.495 e. The lowest BCUT2D eigenvalue weighted by Gasteiger charge is -2.08. The summed E-state index contributed by atoms with van der Waals surface area (Å²) in [6, 6.07) is 22.0. The SMILES string of the molecule is COc1ccccc1NC(=O)C(C#N)=Cc1ccc(-c2ccccc2)o1. The fourth-order valence-electron chi connectivity index (χ4n) is 2.42. The van der Waals surface area contributed by atoms with Crippen LogP contribution in [0.4, 0.5) is 5.69 Å². The molecule has 0 unspecified atom stereocenters. The minimum absolute atomic E-state index is 0.0649. The van der Waals surface area contributed by atoms with Crippen molar-refractivity contribution < 1.29 is 13.9 Å². The van der Waals surface area contributed by atoms with Crippen LogP contribution in [0.15, 0.2) is 76.7 Å². The number of hydrogen-bond donors (Lipinski definition) is 1. The second kappa shape index (κ2) is 7.86. The van der Waals surface area contributed by atoms with Crippen molar-refractivity contribution in [3.05, 3.63) is 78.1 Å². The zero-order chi connectivity index (χ0) is 18.4. The molecule has 0 aliphatic rings. The third-order valence-corrected chi connectivity index (χ3v) is 3.69. The minimum atomic E-state index is -0.533. The molecule has 0 saturated heterocycles. The van der Waals surface area contributed by atoms with E-state index < -0.39 is 5.91 Å². The number of nitrogens with zero attached hydrogens (tertiary/aromatic N) is 1. The Morgan fingerprint density at radius 1 is 1.08 bits per heavy atom. The Kier molecular flexibility index (Phi) is 5.16. The van der Waals surface area contributed by atoms with Gasteiger partial charge in [-0.25, -0.2) is 0 Å². The van der Waals surface area contributed by atoms with Gasteiger partial charge in [-0.3, -0.25) is 4.79 Å². The fraction of sp³-hybridized carbons (Fsp3) is 0.0476. The molecule has 0 saturated carbocycles. The number of rotatable bonds is 5. The normalized spacial score (nSPS) is 10.8. The van der Waals surface area contributed by atoms with Crippen LogP contribution in [0.5, 0.6) is 5.75 Å². The van der Waals surface area contributed by atoms with Crippen molar-refractivity contribution in [2.24, 2.45) is 0 Å². The number of ether oxygens (including phenoxy) is 1. The first kappa shape index (κ1) is 17.1. The maximum absolute atomic E-state index is 12.4. The van der Waals surface area contributed by atoms with E-state index in [1.807, 2.05) is 36.4 Å². The number of methoxy groups -OCH3 is 1. The molecule has 0 bridgehead atoms. The Morgan fingerprint density at radius 3 is 2.54 bits per heavy atom. The maximum Gasteiger partial charge on any atom is 0.266 e. The van der Waals surface area contributed by atoms with Crippen molar-refractivity contribution in [2.75, 3.05) is 12.4 Å². The molecule has 1 heterocycles. The van der Waals surface area contributed by atoms with Crippen LogP contribution < -0.4 is 10.1 Å². The summed E-state index contributed by atoms with van der Waals surface area (Å²) in [5.74, 6) is 1.08. The lowest BCUT2D eigenvalue weighted by molar-refractivity contribution is -0.112. The number of carbonyl (C=O) groups is 1. The number of amides is 1. The highest BCUT2D eigenvalue weighted by Gasteiger charge is 2.13. The van der Waals surface area contributed by atoms with E-state index in [1.54, 1.807) is 36.4 Å². The first-order valence-corrected chi connectivity index (χ1v) is 7.92. The van der Waals surface area contributed by atoms with Crippen molar-refractivity contribution in [1.29, 1.82) is 5.26 Å². The summed E-state index contributed by atoms with van der Waals surface area (Å²) >= 11 is 0. The molecule has 128 valence electrons. The van der Waals surface area contributed by atoms with Gasteiger partial charge in [-0.05, 0) is 24.3 Å². The molecule has 0 aliphatic carbocycles. The highest BCUT2D eigenvalue weighted by atomic mass is 16.5. The number of para-hydroxylation sites is 2. The van der Waals surface area contributed by atoms with Crippen molar-refractivity contribution in [1.82, 2.24) is 0 Å². The molecule has 2 aromatic carbocycles. The fourth-order valence-corrected chi connectivity index (χ4v) is 2.42. The molecular weight excluding hydrogens is 328 g/mol. The van der Waals surface area contributed by atoms with Gasteiger partial charge in [0.05, 0.1) is 12.8 Å². The van der Waals surface area contributed by atoms with Crippen LogP contribution in [0.1, 0.15) is 5.76 Å². The number of benzene rings is 2. The number of hydrogen-bond acceptors (Lipinski definition) is 4. The van der Waals surface area contributed by atoms with E-state index in [-0.39, 0.29) is 5.57 Å². The molecule has 0 atom stereocenters. The number of anilines is 1. The standard InChI is InChI=1S/C21H16N2O3/c1-25-20-10-6-5-9-18(20)23-21(24)16(14-22)13-17-11-12-19(26-17)15-7-3-2-4-8-15/h2-13H,1H3,(H,23,24). The van der Waals surface area contributed by atoms with Gasteiger partial charge in [0.15, 0.2) is 0 Å². The summed E-state index contributed by atoms with van der Waals surface area (Å²) in [6.07, 6.45) is 1.41. The zero-order valence-corrected chi connectivity index (χ0v) is 14.1. The van der Waals surface area contributed by atoms with Crippen LogP contribution in [0.25, 0.3) is 17.4 Å². The number of nitrogens with one attached hydrogen (secondary N) is 1. The van der Waals surface area contributed by atoms with E-state index in [0.29, 0.717) is 23.0 Å². The quantitative estimate of drug-likeness (QED) is 0.546. The van der Waals surface area contributed by atoms with E-state index in [2.05, 4.69) is 5.32 Å². The Bertz CT molecular complexity index is 982. The average Bonchev–Trinajstić information content (AvgIpc) is 3.16. The zero-order valence-electron chi connectivity index (χ0n) is 14.1. The first-order valence-electron chi connectivity index (χ1n) is 7.92.